The van der Waals surface area contributed by atoms with E-state index in [-0.39, 0.29) is 58.5 Å². The Morgan fingerprint density at radius 1 is 0.372 bits per heavy atom. The van der Waals surface area contributed by atoms with Crippen molar-refractivity contribution in [3.8, 4) is 92.5 Å². The summed E-state index contributed by atoms with van der Waals surface area (Å²) in [6, 6.07) is 74.8. The van der Waals surface area contributed by atoms with Gasteiger partial charge in [0.1, 0.15) is 79.3 Å². The van der Waals surface area contributed by atoms with Crippen LogP contribution in [0.15, 0.2) is 240 Å². The van der Waals surface area contributed by atoms with Crippen LogP contribution in [0.4, 0.5) is 0 Å². The van der Waals surface area contributed by atoms with Gasteiger partial charge in [0, 0.05) is 53.7 Å². The third-order valence-electron chi connectivity index (χ3n) is 13.1. The summed E-state index contributed by atoms with van der Waals surface area (Å²) in [6.07, 6.45) is 0. The second-order valence-corrected chi connectivity index (χ2v) is 21.8. The topological polar surface area (TPSA) is 230 Å². The van der Waals surface area contributed by atoms with E-state index < -0.39 is 42.9 Å². The van der Waals surface area contributed by atoms with Crippen LogP contribution in [-0.2, 0) is 41.3 Å². The van der Waals surface area contributed by atoms with Gasteiger partial charge in [0.2, 0.25) is 0 Å². The Kier molecular flexibility index (Phi) is 19.7. The Hall–Kier alpha value is -10.7. The van der Waals surface area contributed by atoms with E-state index in [0.29, 0.717) is 33.8 Å². The maximum atomic E-state index is 13.0. The molecule has 17 heteroatoms. The van der Waals surface area contributed by atoms with E-state index in [4.69, 9.17) is 22.6 Å². The molecule has 0 aliphatic rings. The van der Waals surface area contributed by atoms with E-state index >= 15 is 0 Å². The second kappa shape index (κ2) is 27.6. The number of phenolic OH excluding ortho intramolecular Hbond substituents is 1. The first-order valence-corrected chi connectivity index (χ1v) is 28.8. The minimum absolute atomic E-state index is 0. The summed E-state index contributed by atoms with van der Waals surface area (Å²) in [5.41, 5.74) is 4.49. The van der Waals surface area contributed by atoms with Gasteiger partial charge in [-0.2, -0.15) is 37.9 Å². The van der Waals surface area contributed by atoms with E-state index in [2.05, 4.69) is 12.1 Å². The van der Waals surface area contributed by atoms with Gasteiger partial charge in [-0.05, 0) is 85.6 Å². The van der Waals surface area contributed by atoms with Crippen LogP contribution in [0.25, 0.3) is 43.8 Å². The van der Waals surface area contributed by atoms with E-state index in [1.807, 2.05) is 133 Å². The third kappa shape index (κ3) is 13.7. The molecule has 0 spiro atoms. The average Bonchev–Trinajstić information content (AvgIpc) is 1.68. The molecule has 0 heterocycles. The molecular formula is C69H48N4O10S2W. The summed E-state index contributed by atoms with van der Waals surface area (Å²) in [5, 5.41) is 51.6. The number of para-hydroxylation sites is 2. The molecule has 0 amide bonds. The van der Waals surface area contributed by atoms with Crippen LogP contribution in [0, 0.1) is 59.2 Å². The van der Waals surface area contributed by atoms with Crippen LogP contribution < -0.4 is 22.6 Å². The van der Waals surface area contributed by atoms with Gasteiger partial charge in [0.15, 0.2) is 23.0 Å². The molecule has 0 fully saturated rings. The summed E-state index contributed by atoms with van der Waals surface area (Å²) < 4.78 is 80.2. The van der Waals surface area contributed by atoms with Crippen molar-refractivity contribution in [2.75, 3.05) is 7.11 Å². The number of methoxy groups -OCH3 is 1. The molecule has 0 radical (unpaired) electrons. The standard InChI is InChI=1S/C26H18N2O6S2.C24H14N2O2.C19H16O2.W/c1-17-7-11-19(12-8-17)35(29,30)33-25-21-5-3-4-6-22(21)26(24(16-28)23(25)15-27)34-36(31,32)20-13-9-18(2)10-14-20;25-15-21-22(16-26)24(28-18-11-5-2-6-12-18)20-14-8-7-13-19(20)23(21)27-17-9-3-1-4-10-17;1-21-16-12-17(14-8-4-2-5-9-14)19(20)18(13-16)15-10-6-3-7-11-15;/h3-14H,1-2H3;1-14H;2-13,20H,1H3;. The number of aromatic hydroxyl groups is 1. The fraction of sp³-hybridized carbons (Fsp3) is 0.0435. The van der Waals surface area contributed by atoms with Crippen molar-refractivity contribution in [3.63, 3.8) is 0 Å². The van der Waals surface area contributed by atoms with Gasteiger partial charge >= 0.3 is 20.2 Å². The van der Waals surface area contributed by atoms with Gasteiger partial charge in [-0.1, -0.05) is 181 Å². The molecule has 0 bridgehead atoms. The zero-order valence-electron chi connectivity index (χ0n) is 46.1. The van der Waals surface area contributed by atoms with Crippen molar-refractivity contribution in [3.05, 3.63) is 264 Å². The van der Waals surface area contributed by atoms with Crippen molar-refractivity contribution >= 4 is 41.8 Å². The average molecular weight is 1340 g/mol. The molecule has 1 N–H and O–H groups in total. The molecular weight excluding hydrogens is 1290 g/mol. The molecule has 0 atom stereocenters. The maximum Gasteiger partial charge on any atom is 0.339 e. The molecule has 0 aromatic heterocycles. The fourth-order valence-corrected chi connectivity index (χ4v) is 10.8. The van der Waals surface area contributed by atoms with Crippen molar-refractivity contribution in [2.45, 2.75) is 23.6 Å². The number of fused-ring (bicyclic) bond motifs is 2. The van der Waals surface area contributed by atoms with Gasteiger partial charge in [-0.25, -0.2) is 0 Å². The fourth-order valence-electron chi connectivity index (χ4n) is 8.90. The van der Waals surface area contributed by atoms with E-state index in [9.17, 15) is 43.0 Å². The Bertz CT molecular complexity index is 4380. The number of aryl methyl sites for hydroxylation is 2. The Balaban J connectivity index is 0.000000172. The summed E-state index contributed by atoms with van der Waals surface area (Å²) in [5.74, 6) is 2.08. The minimum Gasteiger partial charge on any atom is -0.507 e. The van der Waals surface area contributed by atoms with Crippen molar-refractivity contribution in [1.29, 1.82) is 21.0 Å². The van der Waals surface area contributed by atoms with E-state index in [0.717, 1.165) is 39.1 Å². The Morgan fingerprint density at radius 2 is 0.651 bits per heavy atom. The van der Waals surface area contributed by atoms with Gasteiger partial charge in [-0.15, -0.1) is 0 Å². The number of nitrogens with zero attached hydrogens (tertiary/aromatic N) is 4. The van der Waals surface area contributed by atoms with Crippen molar-refractivity contribution in [2.24, 2.45) is 0 Å². The summed E-state index contributed by atoms with van der Waals surface area (Å²) >= 11 is 0. The summed E-state index contributed by atoms with van der Waals surface area (Å²) in [7, 11) is -7.15. The van der Waals surface area contributed by atoms with Gasteiger partial charge in [-0.3, -0.25) is 0 Å². The number of benzene rings is 11. The molecule has 11 aromatic carbocycles. The predicted molar refractivity (Wildman–Crippen MR) is 323 cm³/mol. The first-order chi connectivity index (χ1) is 41.2. The molecule has 0 unspecified atom stereocenters. The van der Waals surface area contributed by atoms with Crippen LogP contribution in [0.3, 0.4) is 0 Å². The maximum absolute atomic E-state index is 13.0. The zero-order chi connectivity index (χ0) is 60.1. The largest absolute Gasteiger partial charge is 0.507 e. The number of rotatable bonds is 13. The van der Waals surface area contributed by atoms with Gasteiger partial charge < -0.3 is 27.7 Å². The number of hydrogen-bond acceptors (Lipinski definition) is 14. The van der Waals surface area contributed by atoms with Crippen LogP contribution in [0.5, 0.6) is 46.0 Å². The van der Waals surface area contributed by atoms with E-state index in [1.54, 1.807) is 93.8 Å². The monoisotopic (exact) mass is 1340 g/mol. The predicted octanol–water partition coefficient (Wildman–Crippen LogP) is 15.6. The molecule has 0 saturated heterocycles. The molecule has 0 saturated carbocycles. The second-order valence-electron chi connectivity index (χ2n) is 18.7. The molecule has 11 rings (SSSR count). The quantitative estimate of drug-likeness (QED) is 0.106. The third-order valence-corrected chi connectivity index (χ3v) is 15.6. The summed E-state index contributed by atoms with van der Waals surface area (Å²) in [4.78, 5) is -0.302. The Morgan fingerprint density at radius 3 is 0.953 bits per heavy atom. The van der Waals surface area contributed by atoms with Crippen LogP contribution in [-0.4, -0.2) is 29.1 Å². The van der Waals surface area contributed by atoms with Gasteiger partial charge in [0.25, 0.3) is 0 Å². The molecule has 0 aliphatic carbocycles. The minimum atomic E-state index is -4.39. The first-order valence-electron chi connectivity index (χ1n) is 26.0. The summed E-state index contributed by atoms with van der Waals surface area (Å²) in [6.45, 7) is 3.59. The Labute approximate surface area is 512 Å². The molecule has 86 heavy (non-hydrogen) atoms. The first kappa shape index (κ1) is 61.4. The SMILES string of the molecule is COc1cc(-c2ccccc2)c(O)c(-c2ccccc2)c1.Cc1ccc(S(=O)(=O)Oc2c(C#N)c(C#N)c(OS(=O)(=O)c3ccc(C)cc3)c3ccccc23)cc1.N#Cc1c(C#N)c(Oc2ccccc2)c2ccccc2c1Oc1ccccc1.[W]. The van der Waals surface area contributed by atoms with Crippen molar-refractivity contribution < 1.29 is 65.6 Å². The van der Waals surface area contributed by atoms with E-state index in [1.165, 1.54) is 36.4 Å². The number of nitriles is 4. The molecule has 14 nitrogen and oxygen atoms in total. The van der Waals surface area contributed by atoms with Gasteiger partial charge in [0.05, 0.1) is 7.11 Å². The molecule has 11 aromatic rings. The molecule has 0 aliphatic heterocycles. The normalized spacial score (nSPS) is 10.6. The smallest absolute Gasteiger partial charge is 0.339 e. The van der Waals surface area contributed by atoms with Crippen LogP contribution in [0.1, 0.15) is 33.4 Å². The van der Waals surface area contributed by atoms with Crippen molar-refractivity contribution in [1.82, 2.24) is 0 Å². The number of phenols is 1. The number of ether oxygens (including phenoxy) is 3. The van der Waals surface area contributed by atoms with Crippen LogP contribution >= 0.6 is 0 Å². The van der Waals surface area contributed by atoms with Crippen LogP contribution in [0.2, 0.25) is 0 Å². The molecule has 422 valence electrons. The number of hydrogen-bond donors (Lipinski definition) is 1. The zero-order valence-corrected chi connectivity index (χ0v) is 50.6.